The maximum atomic E-state index is 4.84. The topological polar surface area (TPSA) is 28.2 Å². The molecule has 4 heteroatoms. The van der Waals surface area contributed by atoms with Gasteiger partial charge < -0.3 is 10.2 Å². The molecule has 1 aromatic heterocycles. The number of thiazole rings is 1. The highest BCUT2D eigenvalue weighted by Crippen LogP contribution is 2.31. The highest BCUT2D eigenvalue weighted by molar-refractivity contribution is 7.15. The van der Waals surface area contributed by atoms with Crippen molar-refractivity contribution in [3.63, 3.8) is 0 Å². The van der Waals surface area contributed by atoms with Crippen molar-refractivity contribution < 1.29 is 0 Å². The van der Waals surface area contributed by atoms with Crippen molar-refractivity contribution in [3.05, 3.63) is 10.6 Å². The number of hydrogen-bond donors (Lipinski definition) is 1. The Morgan fingerprint density at radius 2 is 2.00 bits per heavy atom. The van der Waals surface area contributed by atoms with Gasteiger partial charge in [-0.25, -0.2) is 4.98 Å². The standard InChI is InChI=1S/C16H29N3S/c1-5-19(14-9-7-6-8-10-14)16-18-13(4)15(20-16)11-17-12(2)3/h12,14,17H,5-11H2,1-4H3. The average molecular weight is 295 g/mol. The Morgan fingerprint density at radius 3 is 2.60 bits per heavy atom. The number of anilines is 1. The Labute approximate surface area is 127 Å². The van der Waals surface area contributed by atoms with E-state index in [1.165, 1.54) is 47.8 Å². The Balaban J connectivity index is 2.07. The van der Waals surface area contributed by atoms with Gasteiger partial charge >= 0.3 is 0 Å². The molecular formula is C16H29N3S. The highest BCUT2D eigenvalue weighted by atomic mass is 32.1. The number of rotatable bonds is 6. The van der Waals surface area contributed by atoms with Crippen LogP contribution in [-0.2, 0) is 6.54 Å². The van der Waals surface area contributed by atoms with E-state index in [-0.39, 0.29) is 0 Å². The normalized spacial score (nSPS) is 16.9. The largest absolute Gasteiger partial charge is 0.345 e. The van der Waals surface area contributed by atoms with Crippen LogP contribution >= 0.6 is 11.3 Å². The predicted molar refractivity (Wildman–Crippen MR) is 88.7 cm³/mol. The first-order valence-electron chi connectivity index (χ1n) is 8.08. The Hall–Kier alpha value is -0.610. The number of aryl methyl sites for hydroxylation is 1. The van der Waals surface area contributed by atoms with Gasteiger partial charge in [-0.05, 0) is 26.7 Å². The van der Waals surface area contributed by atoms with Crippen molar-refractivity contribution in [2.24, 2.45) is 0 Å². The van der Waals surface area contributed by atoms with E-state index in [9.17, 15) is 0 Å². The lowest BCUT2D eigenvalue weighted by molar-refractivity contribution is 0.418. The molecule has 0 radical (unpaired) electrons. The summed E-state index contributed by atoms with van der Waals surface area (Å²) in [5.41, 5.74) is 1.20. The third-order valence-corrected chi connectivity index (χ3v) is 5.35. The van der Waals surface area contributed by atoms with Crippen LogP contribution in [0.4, 0.5) is 5.13 Å². The van der Waals surface area contributed by atoms with E-state index in [1.54, 1.807) is 0 Å². The SMILES string of the molecule is CCN(c1nc(C)c(CNC(C)C)s1)C1CCCCC1. The first-order chi connectivity index (χ1) is 9.61. The van der Waals surface area contributed by atoms with Crippen LogP contribution in [0.3, 0.4) is 0 Å². The molecule has 0 spiro atoms. The van der Waals surface area contributed by atoms with Gasteiger partial charge in [0.05, 0.1) is 5.69 Å². The van der Waals surface area contributed by atoms with E-state index < -0.39 is 0 Å². The zero-order chi connectivity index (χ0) is 14.5. The number of nitrogens with zero attached hydrogens (tertiary/aromatic N) is 2. The molecule has 114 valence electrons. The van der Waals surface area contributed by atoms with Crippen molar-refractivity contribution in [2.75, 3.05) is 11.4 Å². The van der Waals surface area contributed by atoms with Crippen LogP contribution in [0.25, 0.3) is 0 Å². The minimum atomic E-state index is 0.528. The van der Waals surface area contributed by atoms with Gasteiger partial charge in [-0.15, -0.1) is 11.3 Å². The second-order valence-electron chi connectivity index (χ2n) is 6.12. The van der Waals surface area contributed by atoms with Gasteiger partial charge in [0.2, 0.25) is 0 Å². The summed E-state index contributed by atoms with van der Waals surface area (Å²) in [4.78, 5) is 8.77. The van der Waals surface area contributed by atoms with Crippen molar-refractivity contribution in [2.45, 2.75) is 78.4 Å². The summed E-state index contributed by atoms with van der Waals surface area (Å²) in [5.74, 6) is 0. The quantitative estimate of drug-likeness (QED) is 0.856. The average Bonchev–Trinajstić information content (AvgIpc) is 2.79. The summed E-state index contributed by atoms with van der Waals surface area (Å²) < 4.78 is 0. The third kappa shape index (κ3) is 3.95. The first kappa shape index (κ1) is 15.8. The van der Waals surface area contributed by atoms with E-state index in [0.29, 0.717) is 12.1 Å². The van der Waals surface area contributed by atoms with Crippen LogP contribution in [0, 0.1) is 6.92 Å². The minimum Gasteiger partial charge on any atom is -0.345 e. The van der Waals surface area contributed by atoms with Crippen molar-refractivity contribution >= 4 is 16.5 Å². The first-order valence-corrected chi connectivity index (χ1v) is 8.89. The lowest BCUT2D eigenvalue weighted by Crippen LogP contribution is -2.36. The summed E-state index contributed by atoms with van der Waals surface area (Å²) in [5, 5.41) is 4.74. The molecule has 20 heavy (non-hydrogen) atoms. The summed E-state index contributed by atoms with van der Waals surface area (Å²) >= 11 is 1.88. The maximum Gasteiger partial charge on any atom is 0.186 e. The molecule has 1 aromatic rings. The molecule has 1 aliphatic rings. The van der Waals surface area contributed by atoms with Gasteiger partial charge in [0.25, 0.3) is 0 Å². The zero-order valence-corrected chi connectivity index (χ0v) is 14.2. The minimum absolute atomic E-state index is 0.528. The predicted octanol–water partition coefficient (Wildman–Crippen LogP) is 4.11. The lowest BCUT2D eigenvalue weighted by atomic mass is 9.94. The second-order valence-corrected chi connectivity index (χ2v) is 7.18. The summed E-state index contributed by atoms with van der Waals surface area (Å²) in [6.07, 6.45) is 6.85. The Kier molecular flexibility index (Phi) is 5.85. The molecule has 0 amide bonds. The molecular weight excluding hydrogens is 266 g/mol. The second kappa shape index (κ2) is 7.41. The molecule has 1 heterocycles. The molecule has 0 saturated heterocycles. The van der Waals surface area contributed by atoms with E-state index in [1.807, 2.05) is 11.3 Å². The van der Waals surface area contributed by atoms with Gasteiger partial charge in [-0.3, -0.25) is 0 Å². The molecule has 0 bridgehead atoms. The summed E-state index contributed by atoms with van der Waals surface area (Å²) in [6.45, 7) is 10.8. The van der Waals surface area contributed by atoms with Gasteiger partial charge in [0.1, 0.15) is 0 Å². The molecule has 0 unspecified atom stereocenters. The van der Waals surface area contributed by atoms with Gasteiger partial charge in [-0.1, -0.05) is 33.1 Å². The van der Waals surface area contributed by atoms with Crippen molar-refractivity contribution in [1.82, 2.24) is 10.3 Å². The number of hydrogen-bond acceptors (Lipinski definition) is 4. The molecule has 0 atom stereocenters. The lowest BCUT2D eigenvalue weighted by Gasteiger charge is -2.33. The Bertz CT molecular complexity index is 408. The maximum absolute atomic E-state index is 4.84. The molecule has 1 aliphatic carbocycles. The van der Waals surface area contributed by atoms with E-state index >= 15 is 0 Å². The van der Waals surface area contributed by atoms with Gasteiger partial charge in [0.15, 0.2) is 5.13 Å². The van der Waals surface area contributed by atoms with E-state index in [0.717, 1.165) is 13.1 Å². The van der Waals surface area contributed by atoms with Crippen LogP contribution in [0.2, 0.25) is 0 Å². The number of aromatic nitrogens is 1. The molecule has 0 aliphatic heterocycles. The molecule has 3 nitrogen and oxygen atoms in total. The van der Waals surface area contributed by atoms with Crippen LogP contribution < -0.4 is 10.2 Å². The van der Waals surface area contributed by atoms with Crippen molar-refractivity contribution in [1.29, 1.82) is 0 Å². The van der Waals surface area contributed by atoms with Crippen LogP contribution in [0.15, 0.2) is 0 Å². The summed E-state index contributed by atoms with van der Waals surface area (Å²) in [6, 6.07) is 1.24. The smallest absolute Gasteiger partial charge is 0.186 e. The number of nitrogens with one attached hydrogen (secondary N) is 1. The molecule has 0 aromatic carbocycles. The van der Waals surface area contributed by atoms with E-state index in [2.05, 4.69) is 37.9 Å². The van der Waals surface area contributed by atoms with Gasteiger partial charge in [-0.2, -0.15) is 0 Å². The highest BCUT2D eigenvalue weighted by Gasteiger charge is 2.23. The molecule has 1 saturated carbocycles. The summed E-state index contributed by atoms with van der Waals surface area (Å²) in [7, 11) is 0. The molecule has 2 rings (SSSR count). The van der Waals surface area contributed by atoms with Crippen LogP contribution in [-0.4, -0.2) is 23.6 Å². The zero-order valence-electron chi connectivity index (χ0n) is 13.4. The third-order valence-electron chi connectivity index (χ3n) is 4.15. The van der Waals surface area contributed by atoms with E-state index in [4.69, 9.17) is 4.98 Å². The monoisotopic (exact) mass is 295 g/mol. The fourth-order valence-corrected chi connectivity index (χ4v) is 4.09. The fraction of sp³-hybridized carbons (Fsp3) is 0.812. The molecule has 1 N–H and O–H groups in total. The Morgan fingerprint density at radius 1 is 1.30 bits per heavy atom. The molecule has 1 fully saturated rings. The van der Waals surface area contributed by atoms with Crippen LogP contribution in [0.1, 0.15) is 63.4 Å². The van der Waals surface area contributed by atoms with Gasteiger partial charge in [0, 0.05) is 30.1 Å². The fourth-order valence-electron chi connectivity index (χ4n) is 2.94. The van der Waals surface area contributed by atoms with Crippen molar-refractivity contribution in [3.8, 4) is 0 Å². The van der Waals surface area contributed by atoms with Crippen LogP contribution in [0.5, 0.6) is 0 Å².